The van der Waals surface area contributed by atoms with E-state index in [-0.39, 0.29) is 29.9 Å². The van der Waals surface area contributed by atoms with Gasteiger partial charge in [-0.2, -0.15) is 19.0 Å². The topological polar surface area (TPSA) is 144 Å². The highest BCUT2D eigenvalue weighted by molar-refractivity contribution is 6.33. The van der Waals surface area contributed by atoms with Crippen molar-refractivity contribution in [2.24, 2.45) is 22.1 Å². The molecular weight excluding hydrogens is 642 g/mol. The van der Waals surface area contributed by atoms with E-state index >= 15 is 0 Å². The number of nitrogens with one attached hydrogen (secondary N) is 1. The number of nitrogens with zero attached hydrogens (tertiary/aromatic N) is 6. The van der Waals surface area contributed by atoms with Crippen LogP contribution in [0.25, 0.3) is 22.5 Å². The Bertz CT molecular complexity index is 1860. The lowest BCUT2D eigenvalue weighted by atomic mass is 9.75. The first kappa shape index (κ1) is 33.3. The number of benzene rings is 2. The number of amides is 1. The van der Waals surface area contributed by atoms with Gasteiger partial charge < -0.3 is 10.5 Å². The third kappa shape index (κ3) is 6.82. The molecule has 6 rings (SSSR count). The van der Waals surface area contributed by atoms with Gasteiger partial charge in [-0.25, -0.2) is 14.7 Å². The molecule has 1 saturated carbocycles. The number of aliphatic imine (C=N–C) groups is 1. The van der Waals surface area contributed by atoms with Crippen LogP contribution in [0.2, 0.25) is 5.02 Å². The van der Waals surface area contributed by atoms with E-state index in [1.165, 1.54) is 17.3 Å². The Morgan fingerprint density at radius 3 is 2.50 bits per heavy atom. The molecule has 1 amide bonds. The van der Waals surface area contributed by atoms with Crippen molar-refractivity contribution >= 4 is 29.4 Å². The zero-order chi connectivity index (χ0) is 34.4. The number of ether oxygens (including phenoxy) is 1. The Morgan fingerprint density at radius 2 is 1.90 bits per heavy atom. The lowest BCUT2D eigenvalue weighted by Gasteiger charge is -2.35. The molecule has 48 heavy (non-hydrogen) atoms. The summed E-state index contributed by atoms with van der Waals surface area (Å²) in [5.74, 6) is 0.527. The second-order valence-electron chi connectivity index (χ2n) is 13.6. The third-order valence-corrected chi connectivity index (χ3v) is 8.82. The van der Waals surface area contributed by atoms with E-state index in [0.717, 1.165) is 12.8 Å². The number of aromatic amines is 1. The van der Waals surface area contributed by atoms with E-state index in [4.69, 9.17) is 27.1 Å². The van der Waals surface area contributed by atoms with Crippen LogP contribution < -0.4 is 5.73 Å². The highest BCUT2D eigenvalue weighted by Gasteiger charge is 2.53. The Balaban J connectivity index is 1.39. The van der Waals surface area contributed by atoms with E-state index in [0.29, 0.717) is 67.9 Å². The van der Waals surface area contributed by atoms with Crippen LogP contribution in [0.4, 0.5) is 8.78 Å². The summed E-state index contributed by atoms with van der Waals surface area (Å²) in [5, 5.41) is 11.2. The summed E-state index contributed by atoms with van der Waals surface area (Å²) in [4.78, 5) is 38.3. The molecule has 0 unspecified atom stereocenters. The molecule has 11 nitrogen and oxygen atoms in total. The molecule has 2 aromatic heterocycles. The van der Waals surface area contributed by atoms with Gasteiger partial charge in [0.05, 0.1) is 17.3 Å². The zero-order valence-corrected chi connectivity index (χ0v) is 27.8. The first-order chi connectivity index (χ1) is 22.7. The SMILES string of the molecule is Cc1nc(-c2cc([C@@H](COC(=O)CC3CC3)N3C(=O)[C@@](CC(C)(C)C)(c4ccc(-c5cnn(C(F)F)c5)cc4)N=C3N)ccc2Cl)n[nH]1. The zero-order valence-electron chi connectivity index (χ0n) is 27.1. The lowest BCUT2D eigenvalue weighted by Crippen LogP contribution is -2.47. The smallest absolute Gasteiger partial charge is 0.333 e. The van der Waals surface area contributed by atoms with Gasteiger partial charge in [0, 0.05) is 23.7 Å². The predicted octanol–water partition coefficient (Wildman–Crippen LogP) is 6.57. The number of aryl methyl sites for hydroxylation is 1. The van der Waals surface area contributed by atoms with Crippen LogP contribution in [0.1, 0.15) is 76.0 Å². The highest BCUT2D eigenvalue weighted by atomic mass is 35.5. The molecule has 2 aromatic carbocycles. The van der Waals surface area contributed by atoms with Gasteiger partial charge >= 0.3 is 12.5 Å². The molecule has 0 radical (unpaired) electrons. The van der Waals surface area contributed by atoms with Crippen LogP contribution in [0.3, 0.4) is 0 Å². The molecule has 3 N–H and O–H groups in total. The standard InChI is InChI=1S/C34H37ClF2N8O3/c1-19-40-29(43-42-19)25-14-22(9-12-26(25)35)27(17-48-28(46)13-20-5-6-20)45-30(47)34(41-32(45)38,18-33(2,3)4)24-10-7-21(8-11-24)23-15-39-44(16-23)31(36)37/h7-12,14-16,20,27,31H,5-6,13,17-18H2,1-4H3,(H2,38,41)(H,40,42,43)/t27-,34-/m1/s1. The third-order valence-electron chi connectivity index (χ3n) is 8.49. The number of esters is 1. The van der Waals surface area contributed by atoms with E-state index in [1.54, 1.807) is 49.4 Å². The number of halogens is 3. The van der Waals surface area contributed by atoms with Gasteiger partial charge in [0.2, 0.25) is 0 Å². The molecule has 0 spiro atoms. The van der Waals surface area contributed by atoms with Gasteiger partial charge in [-0.1, -0.05) is 62.7 Å². The number of nitrogens with two attached hydrogens (primary N) is 1. The summed E-state index contributed by atoms with van der Waals surface area (Å²) < 4.78 is 32.7. The first-order valence-corrected chi connectivity index (χ1v) is 16.1. The predicted molar refractivity (Wildman–Crippen MR) is 176 cm³/mol. The maximum absolute atomic E-state index is 14.9. The molecular formula is C34H37ClF2N8O3. The Labute approximate surface area is 281 Å². The number of rotatable bonds is 11. The molecule has 4 aromatic rings. The molecule has 0 bridgehead atoms. The normalized spacial score (nSPS) is 18.8. The van der Waals surface area contributed by atoms with Crippen molar-refractivity contribution in [3.8, 4) is 22.5 Å². The quantitative estimate of drug-likeness (QED) is 0.171. The summed E-state index contributed by atoms with van der Waals surface area (Å²) in [6, 6.07) is 11.4. The van der Waals surface area contributed by atoms with Crippen molar-refractivity contribution in [1.82, 2.24) is 29.9 Å². The molecule has 2 aliphatic rings. The molecule has 0 saturated heterocycles. The lowest BCUT2D eigenvalue weighted by molar-refractivity contribution is -0.148. The molecule has 1 fully saturated rings. The molecule has 1 aliphatic carbocycles. The molecule has 2 atom stereocenters. The van der Waals surface area contributed by atoms with Crippen molar-refractivity contribution in [1.29, 1.82) is 0 Å². The van der Waals surface area contributed by atoms with Crippen LogP contribution >= 0.6 is 11.6 Å². The van der Waals surface area contributed by atoms with E-state index in [9.17, 15) is 18.4 Å². The number of hydrogen-bond donors (Lipinski definition) is 2. The molecule has 1 aliphatic heterocycles. The summed E-state index contributed by atoms with van der Waals surface area (Å²) >= 11 is 6.57. The maximum Gasteiger partial charge on any atom is 0.333 e. The van der Waals surface area contributed by atoms with Crippen molar-refractivity contribution in [2.45, 2.75) is 71.5 Å². The van der Waals surface area contributed by atoms with E-state index < -0.39 is 18.1 Å². The maximum atomic E-state index is 14.9. The monoisotopic (exact) mass is 678 g/mol. The van der Waals surface area contributed by atoms with Crippen LogP contribution in [0.15, 0.2) is 59.9 Å². The number of alkyl halides is 2. The Morgan fingerprint density at radius 1 is 1.17 bits per heavy atom. The van der Waals surface area contributed by atoms with Crippen LogP contribution in [-0.4, -0.2) is 54.3 Å². The van der Waals surface area contributed by atoms with E-state index in [1.807, 2.05) is 20.8 Å². The van der Waals surface area contributed by atoms with Gasteiger partial charge in [-0.3, -0.25) is 19.6 Å². The summed E-state index contributed by atoms with van der Waals surface area (Å²) in [5.41, 5.74) is 7.71. The van der Waals surface area contributed by atoms with Crippen molar-refractivity contribution in [3.05, 3.63) is 76.8 Å². The average Bonchev–Trinajstić information content (AvgIpc) is 3.40. The second kappa shape index (κ2) is 12.8. The molecule has 3 heterocycles. The van der Waals surface area contributed by atoms with Crippen molar-refractivity contribution < 1.29 is 23.1 Å². The summed E-state index contributed by atoms with van der Waals surface area (Å²) in [7, 11) is 0. The number of carbonyl (C=O) groups excluding carboxylic acids is 2. The van der Waals surface area contributed by atoms with Crippen LogP contribution in [0.5, 0.6) is 0 Å². The largest absolute Gasteiger partial charge is 0.463 e. The van der Waals surface area contributed by atoms with Gasteiger partial charge in [0.15, 0.2) is 17.3 Å². The fourth-order valence-electron chi connectivity index (χ4n) is 6.10. The van der Waals surface area contributed by atoms with Crippen LogP contribution in [-0.2, 0) is 19.9 Å². The fourth-order valence-corrected chi connectivity index (χ4v) is 6.30. The van der Waals surface area contributed by atoms with Gasteiger partial charge in [-0.05, 0) is 66.3 Å². The van der Waals surface area contributed by atoms with Gasteiger partial charge in [0.25, 0.3) is 5.91 Å². The van der Waals surface area contributed by atoms with Crippen molar-refractivity contribution in [3.63, 3.8) is 0 Å². The Kier molecular flexibility index (Phi) is 8.84. The summed E-state index contributed by atoms with van der Waals surface area (Å²) in [6.07, 6.45) is 5.21. The first-order valence-electron chi connectivity index (χ1n) is 15.7. The minimum Gasteiger partial charge on any atom is -0.463 e. The highest BCUT2D eigenvalue weighted by Crippen LogP contribution is 2.45. The van der Waals surface area contributed by atoms with E-state index in [2.05, 4.69) is 20.3 Å². The van der Waals surface area contributed by atoms with Crippen molar-refractivity contribution in [2.75, 3.05) is 6.61 Å². The number of guanidine groups is 1. The number of aromatic nitrogens is 5. The minimum absolute atomic E-state index is 0.0278. The molecule has 252 valence electrons. The van der Waals surface area contributed by atoms with Gasteiger partial charge in [-0.15, -0.1) is 0 Å². The van der Waals surface area contributed by atoms with Gasteiger partial charge in [0.1, 0.15) is 12.4 Å². The molecule has 14 heteroatoms. The average molecular weight is 679 g/mol. The summed E-state index contributed by atoms with van der Waals surface area (Å²) in [6.45, 7) is 4.86. The number of hydrogen-bond acceptors (Lipinski definition) is 8. The second-order valence-corrected chi connectivity index (χ2v) is 14.0. The minimum atomic E-state index is -2.76. The Hall–Kier alpha value is -4.65. The number of carbonyl (C=O) groups is 2. The van der Waals surface area contributed by atoms with Crippen LogP contribution in [0, 0.1) is 18.3 Å². The fraction of sp³-hybridized carbons (Fsp3) is 0.412. The number of H-pyrrole nitrogens is 1.